The molecule has 0 radical (unpaired) electrons. The minimum absolute atomic E-state index is 0. The molecule has 0 amide bonds. The van der Waals surface area contributed by atoms with Gasteiger partial charge < -0.3 is 9.63 Å². The van der Waals surface area contributed by atoms with E-state index in [9.17, 15) is 14.9 Å². The summed E-state index contributed by atoms with van der Waals surface area (Å²) in [7, 11) is 0. The SMILES string of the molecule is Cl.O=C(O)[C@@H]1CCCN1Cc1nc(-c2ccc([N+](=O)[O-])cc2)no1. The molecule has 24 heavy (non-hydrogen) atoms. The third kappa shape index (κ3) is 3.69. The first-order chi connectivity index (χ1) is 11.0. The van der Waals surface area contributed by atoms with Gasteiger partial charge in [-0.3, -0.25) is 19.8 Å². The van der Waals surface area contributed by atoms with Crippen LogP contribution in [0.25, 0.3) is 11.4 Å². The van der Waals surface area contributed by atoms with E-state index in [1.54, 1.807) is 17.0 Å². The van der Waals surface area contributed by atoms with E-state index in [0.29, 0.717) is 30.2 Å². The Morgan fingerprint density at radius 1 is 1.42 bits per heavy atom. The molecule has 1 aromatic heterocycles. The number of benzene rings is 1. The van der Waals surface area contributed by atoms with Gasteiger partial charge in [-0.1, -0.05) is 5.16 Å². The summed E-state index contributed by atoms with van der Waals surface area (Å²) in [6.07, 6.45) is 1.43. The first-order valence-corrected chi connectivity index (χ1v) is 7.09. The van der Waals surface area contributed by atoms with E-state index in [0.717, 1.165) is 6.42 Å². The third-order valence-corrected chi connectivity index (χ3v) is 3.79. The minimum Gasteiger partial charge on any atom is -0.480 e. The van der Waals surface area contributed by atoms with Gasteiger partial charge in [0.1, 0.15) is 6.04 Å². The smallest absolute Gasteiger partial charge is 0.320 e. The number of likely N-dealkylation sites (tertiary alicyclic amines) is 1. The maximum atomic E-state index is 11.2. The van der Waals surface area contributed by atoms with Crippen LogP contribution in [0, 0.1) is 10.1 Å². The number of rotatable bonds is 5. The fraction of sp³-hybridized carbons (Fsp3) is 0.357. The van der Waals surface area contributed by atoms with Crippen molar-refractivity contribution in [1.82, 2.24) is 15.0 Å². The van der Waals surface area contributed by atoms with Crippen molar-refractivity contribution in [2.75, 3.05) is 6.54 Å². The highest BCUT2D eigenvalue weighted by Crippen LogP contribution is 2.22. The number of hydrogen-bond donors (Lipinski definition) is 1. The second kappa shape index (κ2) is 7.37. The van der Waals surface area contributed by atoms with Crippen molar-refractivity contribution >= 4 is 24.1 Å². The molecule has 9 nitrogen and oxygen atoms in total. The first kappa shape index (κ1) is 17.8. The monoisotopic (exact) mass is 354 g/mol. The van der Waals surface area contributed by atoms with Crippen LogP contribution in [0.1, 0.15) is 18.7 Å². The van der Waals surface area contributed by atoms with Gasteiger partial charge in [-0.15, -0.1) is 12.4 Å². The molecule has 2 heterocycles. The number of aromatic nitrogens is 2. The van der Waals surface area contributed by atoms with E-state index in [1.807, 2.05) is 0 Å². The Morgan fingerprint density at radius 3 is 2.75 bits per heavy atom. The lowest BCUT2D eigenvalue weighted by atomic mass is 10.2. The third-order valence-electron chi connectivity index (χ3n) is 3.79. The van der Waals surface area contributed by atoms with Crippen LogP contribution in [0.3, 0.4) is 0 Å². The van der Waals surface area contributed by atoms with Crippen LogP contribution in [0.4, 0.5) is 5.69 Å². The lowest BCUT2D eigenvalue weighted by Crippen LogP contribution is -2.35. The fourth-order valence-electron chi connectivity index (χ4n) is 2.64. The van der Waals surface area contributed by atoms with E-state index >= 15 is 0 Å². The topological polar surface area (TPSA) is 123 Å². The van der Waals surface area contributed by atoms with Gasteiger partial charge in [0, 0.05) is 17.7 Å². The lowest BCUT2D eigenvalue weighted by molar-refractivity contribution is -0.384. The Morgan fingerprint density at radius 2 is 2.12 bits per heavy atom. The molecule has 3 rings (SSSR count). The largest absolute Gasteiger partial charge is 0.480 e. The summed E-state index contributed by atoms with van der Waals surface area (Å²) in [4.78, 5) is 27.3. The molecular weight excluding hydrogens is 340 g/mol. The van der Waals surface area contributed by atoms with Gasteiger partial charge in [-0.05, 0) is 31.5 Å². The van der Waals surface area contributed by atoms with E-state index in [4.69, 9.17) is 9.63 Å². The summed E-state index contributed by atoms with van der Waals surface area (Å²) in [5.41, 5.74) is 0.584. The van der Waals surface area contributed by atoms with Crippen LogP contribution in [0.15, 0.2) is 28.8 Å². The Hall–Kier alpha value is -2.52. The standard InChI is InChI=1S/C14H14N4O5.ClH/c19-14(20)11-2-1-7-17(11)8-12-15-13(16-23-12)9-3-5-10(6-4-9)18(21)22;/h3-6,11H,1-2,7-8H2,(H,19,20);1H/t11-;/m0./s1. The Bertz CT molecular complexity index is 733. The van der Waals surface area contributed by atoms with Crippen LogP contribution in [-0.4, -0.2) is 43.6 Å². The molecule has 0 saturated carbocycles. The highest BCUT2D eigenvalue weighted by molar-refractivity contribution is 5.85. The highest BCUT2D eigenvalue weighted by Gasteiger charge is 2.31. The highest BCUT2D eigenvalue weighted by atomic mass is 35.5. The van der Waals surface area contributed by atoms with E-state index in [2.05, 4.69) is 10.1 Å². The first-order valence-electron chi connectivity index (χ1n) is 7.09. The van der Waals surface area contributed by atoms with Gasteiger partial charge in [0.15, 0.2) is 0 Å². The second-order valence-electron chi connectivity index (χ2n) is 5.28. The quantitative estimate of drug-likeness (QED) is 0.639. The van der Waals surface area contributed by atoms with Crippen molar-refractivity contribution in [3.8, 4) is 11.4 Å². The number of carbonyl (C=O) groups is 1. The molecule has 0 unspecified atom stereocenters. The summed E-state index contributed by atoms with van der Waals surface area (Å²) >= 11 is 0. The van der Waals surface area contributed by atoms with E-state index in [-0.39, 0.29) is 24.6 Å². The zero-order valence-corrected chi connectivity index (χ0v) is 13.3. The summed E-state index contributed by atoms with van der Waals surface area (Å²) in [6.45, 7) is 0.948. The average molecular weight is 355 g/mol. The average Bonchev–Trinajstić information content (AvgIpc) is 3.17. The van der Waals surface area contributed by atoms with Crippen molar-refractivity contribution < 1.29 is 19.3 Å². The normalized spacial score (nSPS) is 17.4. The Kier molecular flexibility index (Phi) is 5.47. The molecule has 1 aliphatic rings. The maximum Gasteiger partial charge on any atom is 0.320 e. The molecule has 1 fully saturated rings. The van der Waals surface area contributed by atoms with Crippen molar-refractivity contribution in [3.05, 3.63) is 40.3 Å². The summed E-state index contributed by atoms with van der Waals surface area (Å²) in [5, 5.41) is 23.6. The predicted octanol–water partition coefficient (Wildman–Crippen LogP) is 2.12. The van der Waals surface area contributed by atoms with Crippen molar-refractivity contribution in [2.24, 2.45) is 0 Å². The number of nitro benzene ring substituents is 1. The molecule has 1 aromatic carbocycles. The number of hydrogen-bond acceptors (Lipinski definition) is 7. The maximum absolute atomic E-state index is 11.2. The van der Waals surface area contributed by atoms with E-state index in [1.165, 1.54) is 12.1 Å². The van der Waals surface area contributed by atoms with E-state index < -0.39 is 16.9 Å². The number of aliphatic carboxylic acids is 1. The van der Waals surface area contributed by atoms with Crippen LogP contribution >= 0.6 is 12.4 Å². The summed E-state index contributed by atoms with van der Waals surface area (Å²) in [6, 6.07) is 5.30. The molecule has 1 aliphatic heterocycles. The van der Waals surface area contributed by atoms with Gasteiger partial charge in [-0.25, -0.2) is 0 Å². The zero-order valence-electron chi connectivity index (χ0n) is 12.5. The van der Waals surface area contributed by atoms with Crippen LogP contribution in [0.2, 0.25) is 0 Å². The molecule has 0 bridgehead atoms. The van der Waals surface area contributed by atoms with Crippen LogP contribution < -0.4 is 0 Å². The predicted molar refractivity (Wildman–Crippen MR) is 84.7 cm³/mol. The van der Waals surface area contributed by atoms with Gasteiger partial charge in [0.2, 0.25) is 11.7 Å². The number of non-ortho nitro benzene ring substituents is 1. The van der Waals surface area contributed by atoms with Crippen molar-refractivity contribution in [1.29, 1.82) is 0 Å². The molecule has 10 heteroatoms. The molecule has 1 saturated heterocycles. The van der Waals surface area contributed by atoms with Gasteiger partial charge in [-0.2, -0.15) is 4.98 Å². The minimum atomic E-state index is -0.849. The van der Waals surface area contributed by atoms with Gasteiger partial charge in [0.05, 0.1) is 11.5 Å². The Balaban J connectivity index is 0.00000208. The zero-order chi connectivity index (χ0) is 16.4. The summed E-state index contributed by atoms with van der Waals surface area (Å²) in [5.74, 6) is -0.204. The number of nitro groups is 1. The molecular formula is C14H15ClN4O5. The fourth-order valence-corrected chi connectivity index (χ4v) is 2.64. The second-order valence-corrected chi connectivity index (χ2v) is 5.28. The van der Waals surface area contributed by atoms with Crippen LogP contribution in [0.5, 0.6) is 0 Å². The molecule has 1 N–H and O–H groups in total. The molecule has 128 valence electrons. The van der Waals surface area contributed by atoms with Crippen molar-refractivity contribution in [2.45, 2.75) is 25.4 Å². The Labute approximate surface area is 142 Å². The van der Waals surface area contributed by atoms with Gasteiger partial charge >= 0.3 is 5.97 Å². The molecule has 0 aliphatic carbocycles. The lowest BCUT2D eigenvalue weighted by Gasteiger charge is -2.18. The molecule has 1 atom stereocenters. The summed E-state index contributed by atoms with van der Waals surface area (Å²) < 4.78 is 5.16. The number of carboxylic acids is 1. The van der Waals surface area contributed by atoms with Gasteiger partial charge in [0.25, 0.3) is 5.69 Å². The van der Waals surface area contributed by atoms with Crippen molar-refractivity contribution in [3.63, 3.8) is 0 Å². The number of nitrogens with zero attached hydrogens (tertiary/aromatic N) is 4. The number of carboxylic acid groups (broad SMARTS) is 1. The molecule has 0 spiro atoms. The molecule has 2 aromatic rings. The van der Waals surface area contributed by atoms with Crippen LogP contribution in [-0.2, 0) is 11.3 Å². The number of halogens is 1.